The molecule has 1 aromatic heterocycles. The van der Waals surface area contributed by atoms with E-state index >= 15 is 0 Å². The van der Waals surface area contributed by atoms with Gasteiger partial charge in [-0.25, -0.2) is 0 Å². The minimum atomic E-state index is -0.0203. The monoisotopic (exact) mass is 344 g/mol. The molecule has 0 amide bonds. The topological polar surface area (TPSA) is 56.0 Å². The molecule has 0 aliphatic heterocycles. The van der Waals surface area contributed by atoms with Crippen LogP contribution >= 0.6 is 23.2 Å². The molecule has 3 nitrogen and oxygen atoms in total. The molecule has 0 fully saturated rings. The molecule has 0 aliphatic rings. The highest BCUT2D eigenvalue weighted by Crippen LogP contribution is 2.32. The lowest BCUT2D eigenvalue weighted by molar-refractivity contribution is 0.0989. The summed E-state index contributed by atoms with van der Waals surface area (Å²) >= 11 is 12.1. The first-order valence-corrected chi connectivity index (χ1v) is 7.93. The lowest BCUT2D eigenvalue weighted by atomic mass is 10.00. The molecule has 0 aliphatic carbocycles. The number of pyridine rings is 1. The Labute approximate surface area is 144 Å². The number of carbonyl (C=O) groups excluding carboxylic acids is 1. The van der Waals surface area contributed by atoms with Crippen LogP contribution in [0.4, 0.5) is 5.69 Å². The number of Topliss-reactive ketones (excluding diaryl/α,β-unsaturated/α-hetero) is 1. The fourth-order valence-corrected chi connectivity index (χ4v) is 3.05. The van der Waals surface area contributed by atoms with E-state index in [4.69, 9.17) is 28.9 Å². The van der Waals surface area contributed by atoms with Crippen molar-refractivity contribution in [2.75, 3.05) is 5.73 Å². The lowest BCUT2D eigenvalue weighted by Crippen LogP contribution is -2.04. The average Bonchev–Trinajstić information content (AvgIpc) is 2.53. The minimum Gasteiger partial charge on any atom is -0.398 e. The van der Waals surface area contributed by atoms with Crippen LogP contribution in [0.1, 0.15) is 23.7 Å². The number of hydrogen-bond donors (Lipinski definition) is 1. The van der Waals surface area contributed by atoms with Crippen LogP contribution in [0.2, 0.25) is 10.0 Å². The Bertz CT molecular complexity index is 902. The number of ketones is 1. The molecule has 116 valence electrons. The zero-order chi connectivity index (χ0) is 16.6. The van der Waals surface area contributed by atoms with Crippen molar-refractivity contribution in [1.82, 2.24) is 4.98 Å². The van der Waals surface area contributed by atoms with E-state index in [9.17, 15) is 4.79 Å². The molecule has 0 bridgehead atoms. The number of nitrogens with two attached hydrogens (primary N) is 1. The predicted octanol–water partition coefficient (Wildman–Crippen LogP) is 5.38. The number of anilines is 1. The first-order valence-electron chi connectivity index (χ1n) is 7.17. The van der Waals surface area contributed by atoms with Crippen molar-refractivity contribution in [2.24, 2.45) is 0 Å². The molecule has 2 aromatic carbocycles. The van der Waals surface area contributed by atoms with E-state index in [0.717, 1.165) is 22.0 Å². The second kappa shape index (κ2) is 6.19. The number of nitrogen functional groups attached to an aromatic ring is 1. The van der Waals surface area contributed by atoms with Gasteiger partial charge in [-0.15, -0.1) is 0 Å². The van der Waals surface area contributed by atoms with Crippen LogP contribution in [0.3, 0.4) is 0 Å². The highest BCUT2D eigenvalue weighted by molar-refractivity contribution is 6.35. The molecule has 0 unspecified atom stereocenters. The van der Waals surface area contributed by atoms with E-state index in [-0.39, 0.29) is 5.78 Å². The lowest BCUT2D eigenvalue weighted by Gasteiger charge is -2.09. The summed E-state index contributed by atoms with van der Waals surface area (Å²) in [6, 6.07) is 11.1. The quantitative estimate of drug-likeness (QED) is 0.648. The second-order valence-electron chi connectivity index (χ2n) is 5.25. The summed E-state index contributed by atoms with van der Waals surface area (Å²) in [7, 11) is 0. The number of fused-ring (bicyclic) bond motifs is 1. The summed E-state index contributed by atoms with van der Waals surface area (Å²) in [6.45, 7) is 1.80. The number of nitrogens with zero attached hydrogens (tertiary/aromatic N) is 1. The third-order valence-corrected chi connectivity index (χ3v) is 4.16. The Morgan fingerprint density at radius 2 is 1.78 bits per heavy atom. The summed E-state index contributed by atoms with van der Waals surface area (Å²) in [4.78, 5) is 16.3. The van der Waals surface area contributed by atoms with Gasteiger partial charge in [0.25, 0.3) is 0 Å². The maximum Gasteiger partial charge on any atom is 0.166 e. The van der Waals surface area contributed by atoms with Crippen LogP contribution in [-0.2, 0) is 0 Å². The van der Waals surface area contributed by atoms with Crippen LogP contribution < -0.4 is 5.73 Å². The Hall–Kier alpha value is -2.10. The minimum absolute atomic E-state index is 0.0203. The van der Waals surface area contributed by atoms with Crippen LogP contribution in [0.25, 0.3) is 22.0 Å². The van der Waals surface area contributed by atoms with Gasteiger partial charge in [-0.1, -0.05) is 36.2 Å². The van der Waals surface area contributed by atoms with Crippen LogP contribution in [0, 0.1) is 0 Å². The molecule has 0 saturated carbocycles. The number of halogens is 2. The Balaban J connectivity index is 2.21. The molecule has 1 heterocycles. The van der Waals surface area contributed by atoms with Crippen molar-refractivity contribution >= 4 is 45.6 Å². The van der Waals surface area contributed by atoms with Gasteiger partial charge >= 0.3 is 0 Å². The van der Waals surface area contributed by atoms with Crippen molar-refractivity contribution in [3.8, 4) is 11.1 Å². The summed E-state index contributed by atoms with van der Waals surface area (Å²) in [5, 5.41) is 1.88. The number of aromatic nitrogens is 1. The van der Waals surface area contributed by atoms with E-state index in [1.54, 1.807) is 19.2 Å². The zero-order valence-electron chi connectivity index (χ0n) is 12.4. The summed E-state index contributed by atoms with van der Waals surface area (Å²) < 4.78 is 0. The van der Waals surface area contributed by atoms with Crippen molar-refractivity contribution < 1.29 is 4.79 Å². The maximum absolute atomic E-state index is 12.0. The standard InChI is InChI=1S/C18H14Cl2N2O/c1-2-17(23)15-9-22-16-4-3-10(7-14(16)18(15)21)11-5-12(19)8-13(20)6-11/h3-9H,2H2,1H3,(H2,21,22). The molecule has 3 aromatic rings. The molecule has 0 spiro atoms. The Kier molecular flexibility index (Phi) is 4.24. The smallest absolute Gasteiger partial charge is 0.166 e. The van der Waals surface area contributed by atoms with Gasteiger partial charge in [-0.05, 0) is 41.5 Å². The van der Waals surface area contributed by atoms with Gasteiger partial charge < -0.3 is 5.73 Å². The molecule has 23 heavy (non-hydrogen) atoms. The van der Waals surface area contributed by atoms with Gasteiger partial charge in [0.15, 0.2) is 5.78 Å². The molecule has 2 N–H and O–H groups in total. The summed E-state index contributed by atoms with van der Waals surface area (Å²) in [5.74, 6) is -0.0203. The molecule has 5 heteroatoms. The van der Waals surface area contributed by atoms with Gasteiger partial charge in [-0.3, -0.25) is 9.78 Å². The molecule has 0 atom stereocenters. The van der Waals surface area contributed by atoms with Crippen molar-refractivity contribution in [2.45, 2.75) is 13.3 Å². The van der Waals surface area contributed by atoms with E-state index in [1.165, 1.54) is 0 Å². The molecular formula is C18H14Cl2N2O. The van der Waals surface area contributed by atoms with Crippen LogP contribution in [-0.4, -0.2) is 10.8 Å². The van der Waals surface area contributed by atoms with Gasteiger partial charge in [0.1, 0.15) is 0 Å². The maximum atomic E-state index is 12.0. The Morgan fingerprint density at radius 3 is 2.43 bits per heavy atom. The van der Waals surface area contributed by atoms with Crippen molar-refractivity contribution in [3.05, 3.63) is 58.2 Å². The number of carbonyl (C=O) groups is 1. The first-order chi connectivity index (χ1) is 11.0. The Morgan fingerprint density at radius 1 is 1.09 bits per heavy atom. The zero-order valence-corrected chi connectivity index (χ0v) is 13.9. The van der Waals surface area contributed by atoms with Crippen molar-refractivity contribution in [3.63, 3.8) is 0 Å². The molecular weight excluding hydrogens is 331 g/mol. The highest BCUT2D eigenvalue weighted by atomic mass is 35.5. The summed E-state index contributed by atoms with van der Waals surface area (Å²) in [6.07, 6.45) is 1.93. The van der Waals surface area contributed by atoms with Gasteiger partial charge in [0, 0.05) is 28.0 Å². The van der Waals surface area contributed by atoms with E-state index in [0.29, 0.717) is 27.7 Å². The van der Waals surface area contributed by atoms with Crippen LogP contribution in [0.15, 0.2) is 42.6 Å². The SMILES string of the molecule is CCC(=O)c1cnc2ccc(-c3cc(Cl)cc(Cl)c3)cc2c1N. The number of rotatable bonds is 3. The number of benzene rings is 2. The van der Waals surface area contributed by atoms with Gasteiger partial charge in [0.05, 0.1) is 16.8 Å². The molecule has 0 saturated heterocycles. The van der Waals surface area contributed by atoms with Gasteiger partial charge in [0.2, 0.25) is 0 Å². The second-order valence-corrected chi connectivity index (χ2v) is 6.13. The average molecular weight is 345 g/mol. The predicted molar refractivity (Wildman–Crippen MR) is 96.2 cm³/mol. The summed E-state index contributed by atoms with van der Waals surface area (Å²) in [5.41, 5.74) is 9.65. The van der Waals surface area contributed by atoms with Crippen molar-refractivity contribution in [1.29, 1.82) is 0 Å². The molecule has 3 rings (SSSR count). The fourth-order valence-electron chi connectivity index (χ4n) is 2.53. The third-order valence-electron chi connectivity index (χ3n) is 3.73. The normalized spacial score (nSPS) is 10.9. The highest BCUT2D eigenvalue weighted by Gasteiger charge is 2.12. The molecule has 0 radical (unpaired) electrons. The van der Waals surface area contributed by atoms with Gasteiger partial charge in [-0.2, -0.15) is 0 Å². The fraction of sp³-hybridized carbons (Fsp3) is 0.111. The third kappa shape index (κ3) is 3.03. The van der Waals surface area contributed by atoms with E-state index < -0.39 is 0 Å². The number of hydrogen-bond acceptors (Lipinski definition) is 3. The van der Waals surface area contributed by atoms with Crippen LogP contribution in [0.5, 0.6) is 0 Å². The van der Waals surface area contributed by atoms with E-state index in [1.807, 2.05) is 30.3 Å². The first kappa shape index (κ1) is 15.8. The van der Waals surface area contributed by atoms with E-state index in [2.05, 4.69) is 4.98 Å². The largest absolute Gasteiger partial charge is 0.398 e.